The van der Waals surface area contributed by atoms with Crippen LogP contribution in [0, 0.1) is 6.92 Å². The number of benzene rings is 1. The minimum atomic E-state index is 0. The van der Waals surface area contributed by atoms with Gasteiger partial charge in [-0.2, -0.15) is 24.6 Å². The Balaban J connectivity index is 0. The minimum absolute atomic E-state index is 0. The van der Waals surface area contributed by atoms with Crippen LogP contribution in [0.2, 0.25) is 0 Å². The Kier molecular flexibility index (Phi) is 7.35. The Morgan fingerprint density at radius 1 is 1.00 bits per heavy atom. The summed E-state index contributed by atoms with van der Waals surface area (Å²) in [6, 6.07) is 9.87. The first-order valence-electron chi connectivity index (χ1n) is 2.26. The van der Waals surface area contributed by atoms with Crippen molar-refractivity contribution in [2.45, 2.75) is 0 Å². The van der Waals surface area contributed by atoms with Crippen molar-refractivity contribution >= 4 is 0 Å². The molecule has 1 aromatic carbocycles. The molecule has 0 spiro atoms. The average molecular weight is 116 g/mol. The van der Waals surface area contributed by atoms with Gasteiger partial charge in [0.15, 0.2) is 0 Å². The van der Waals surface area contributed by atoms with Crippen LogP contribution in [0.1, 0.15) is 5.56 Å². The maximum atomic E-state index is 3.72. The van der Waals surface area contributed by atoms with Gasteiger partial charge in [0.05, 0.1) is 0 Å². The molecule has 0 amide bonds. The van der Waals surface area contributed by atoms with Crippen LogP contribution >= 0.6 is 0 Å². The molecule has 1 aromatic rings. The standard InChI is InChI=1S/C7H7.Li.H2O/c1-7-5-3-2-4-6-7;;/h2-6H,1H2;;1H2/q-1;+1;. The molecule has 0 bridgehead atoms. The smallest absolute Gasteiger partial charge is 0.412 e. The van der Waals surface area contributed by atoms with E-state index in [1.165, 1.54) is 0 Å². The van der Waals surface area contributed by atoms with Crippen molar-refractivity contribution in [3.63, 3.8) is 0 Å². The molecule has 0 heterocycles. The van der Waals surface area contributed by atoms with Gasteiger partial charge in [-0.1, -0.05) is 6.07 Å². The predicted octanol–water partition coefficient (Wildman–Crippen LogP) is -1.95. The van der Waals surface area contributed by atoms with Crippen molar-refractivity contribution in [2.24, 2.45) is 0 Å². The molecule has 1 nitrogen and oxygen atoms in total. The van der Waals surface area contributed by atoms with Crippen LogP contribution in [0.15, 0.2) is 30.3 Å². The van der Waals surface area contributed by atoms with Crippen LogP contribution in [0.3, 0.4) is 0 Å². The molecule has 2 heteroatoms. The summed E-state index contributed by atoms with van der Waals surface area (Å²) in [4.78, 5) is 0. The first kappa shape index (κ1) is 11.4. The van der Waals surface area contributed by atoms with Gasteiger partial charge in [-0.25, -0.2) is 0 Å². The van der Waals surface area contributed by atoms with E-state index in [4.69, 9.17) is 0 Å². The molecule has 9 heavy (non-hydrogen) atoms. The zero-order chi connectivity index (χ0) is 5.11. The molecule has 44 valence electrons. The Bertz CT molecular complexity index is 139. The van der Waals surface area contributed by atoms with E-state index in [9.17, 15) is 0 Å². The second kappa shape index (κ2) is 5.78. The quantitative estimate of drug-likeness (QED) is 0.279. The molecule has 0 aliphatic carbocycles. The molecule has 0 aliphatic rings. The average Bonchev–Trinajstić information content (AvgIpc) is 1.69. The van der Waals surface area contributed by atoms with Crippen LogP contribution in [-0.4, -0.2) is 5.48 Å². The molecular weight excluding hydrogens is 107 g/mol. The Morgan fingerprint density at radius 2 is 1.44 bits per heavy atom. The summed E-state index contributed by atoms with van der Waals surface area (Å²) in [5.41, 5.74) is 1.07. The molecule has 0 unspecified atom stereocenters. The first-order chi connectivity index (χ1) is 3.39. The van der Waals surface area contributed by atoms with Gasteiger partial charge in [0.25, 0.3) is 0 Å². The zero-order valence-corrected chi connectivity index (χ0v) is 5.59. The van der Waals surface area contributed by atoms with Crippen molar-refractivity contribution in [3.05, 3.63) is 42.8 Å². The molecule has 0 aliphatic heterocycles. The van der Waals surface area contributed by atoms with Crippen LogP contribution in [-0.2, 0) is 0 Å². The summed E-state index contributed by atoms with van der Waals surface area (Å²) in [5.74, 6) is 0. The Hall–Kier alpha value is -0.353. The van der Waals surface area contributed by atoms with Crippen molar-refractivity contribution in [1.82, 2.24) is 0 Å². The van der Waals surface area contributed by atoms with E-state index >= 15 is 0 Å². The number of hydrogen-bond acceptors (Lipinski definition) is 0. The summed E-state index contributed by atoms with van der Waals surface area (Å²) >= 11 is 0. The van der Waals surface area contributed by atoms with Gasteiger partial charge in [0, 0.05) is 0 Å². The second-order valence-electron chi connectivity index (χ2n) is 1.49. The molecule has 2 N–H and O–H groups in total. The fourth-order valence-corrected chi connectivity index (χ4v) is 0.478. The van der Waals surface area contributed by atoms with E-state index in [0.29, 0.717) is 0 Å². The van der Waals surface area contributed by atoms with Crippen LogP contribution in [0.5, 0.6) is 0 Å². The molecule has 0 aromatic heterocycles. The molecular formula is C7H9LiO. The first-order valence-corrected chi connectivity index (χ1v) is 2.26. The Morgan fingerprint density at radius 3 is 1.67 bits per heavy atom. The number of hydrogen-bond donors (Lipinski definition) is 0. The number of rotatable bonds is 0. The summed E-state index contributed by atoms with van der Waals surface area (Å²) < 4.78 is 0. The third-order valence-electron chi connectivity index (χ3n) is 0.843. The van der Waals surface area contributed by atoms with Crippen molar-refractivity contribution in [2.75, 3.05) is 0 Å². The van der Waals surface area contributed by atoms with E-state index < -0.39 is 0 Å². The molecule has 0 saturated heterocycles. The molecule has 0 atom stereocenters. The molecule has 0 saturated carbocycles. The van der Waals surface area contributed by atoms with E-state index in [2.05, 4.69) is 6.92 Å². The largest absolute Gasteiger partial charge is 1.00 e. The van der Waals surface area contributed by atoms with E-state index in [0.717, 1.165) is 5.56 Å². The van der Waals surface area contributed by atoms with Crippen LogP contribution in [0.25, 0.3) is 0 Å². The molecule has 0 fully saturated rings. The summed E-state index contributed by atoms with van der Waals surface area (Å²) in [6.45, 7) is 3.72. The predicted molar refractivity (Wildman–Crippen MR) is 34.5 cm³/mol. The second-order valence-corrected chi connectivity index (χ2v) is 1.49. The topological polar surface area (TPSA) is 31.5 Å². The monoisotopic (exact) mass is 116 g/mol. The zero-order valence-electron chi connectivity index (χ0n) is 5.59. The van der Waals surface area contributed by atoms with Crippen molar-refractivity contribution < 1.29 is 24.3 Å². The fourth-order valence-electron chi connectivity index (χ4n) is 0.478. The third kappa shape index (κ3) is 4.17. The maximum absolute atomic E-state index is 3.72. The maximum Gasteiger partial charge on any atom is 1.00 e. The van der Waals surface area contributed by atoms with Crippen LogP contribution < -0.4 is 18.9 Å². The fraction of sp³-hybridized carbons (Fsp3) is 0. The van der Waals surface area contributed by atoms with Crippen molar-refractivity contribution in [1.29, 1.82) is 0 Å². The van der Waals surface area contributed by atoms with Crippen LogP contribution in [0.4, 0.5) is 0 Å². The van der Waals surface area contributed by atoms with Gasteiger partial charge in [0.1, 0.15) is 0 Å². The summed E-state index contributed by atoms with van der Waals surface area (Å²) in [7, 11) is 0. The van der Waals surface area contributed by atoms with E-state index in [-0.39, 0.29) is 24.3 Å². The van der Waals surface area contributed by atoms with Gasteiger partial charge >= 0.3 is 18.9 Å². The van der Waals surface area contributed by atoms with Gasteiger partial charge in [0.2, 0.25) is 0 Å². The van der Waals surface area contributed by atoms with Crippen molar-refractivity contribution in [3.8, 4) is 0 Å². The van der Waals surface area contributed by atoms with Gasteiger partial charge in [-0.15, -0.1) is 12.1 Å². The van der Waals surface area contributed by atoms with Gasteiger partial charge < -0.3 is 5.48 Å². The molecule has 1 rings (SSSR count). The van der Waals surface area contributed by atoms with E-state index in [1.807, 2.05) is 30.3 Å². The van der Waals surface area contributed by atoms with Gasteiger partial charge in [-0.05, 0) is 0 Å². The van der Waals surface area contributed by atoms with Gasteiger partial charge in [-0.3, -0.25) is 0 Å². The Labute approximate surface area is 67.6 Å². The summed E-state index contributed by atoms with van der Waals surface area (Å²) in [6.07, 6.45) is 0. The summed E-state index contributed by atoms with van der Waals surface area (Å²) in [5, 5.41) is 0. The SMILES string of the molecule is O.[CH2-]c1ccccc1.[Li+]. The third-order valence-corrected chi connectivity index (χ3v) is 0.843. The molecule has 0 radical (unpaired) electrons. The minimum Gasteiger partial charge on any atom is -0.412 e. The normalized spacial score (nSPS) is 6.67. The van der Waals surface area contributed by atoms with E-state index in [1.54, 1.807) is 0 Å².